The maximum Gasteiger partial charge on any atom is 0.219 e. The minimum atomic E-state index is -0.799. The van der Waals surface area contributed by atoms with E-state index in [0.717, 1.165) is 16.3 Å². The number of aliphatic hydroxyl groups excluding tert-OH is 1. The highest BCUT2D eigenvalue weighted by Gasteiger charge is 2.18. The minimum absolute atomic E-state index is 0.431. The van der Waals surface area contributed by atoms with Crippen LogP contribution < -0.4 is 4.74 Å². The summed E-state index contributed by atoms with van der Waals surface area (Å²) in [5, 5.41) is 12.6. The zero-order valence-electron chi connectivity index (χ0n) is 11.0. The van der Waals surface area contributed by atoms with E-state index in [1.807, 2.05) is 30.3 Å². The maximum absolute atomic E-state index is 10.7. The van der Waals surface area contributed by atoms with E-state index >= 15 is 0 Å². The van der Waals surface area contributed by atoms with Crippen LogP contribution in [0.25, 0.3) is 10.8 Å². The van der Waals surface area contributed by atoms with Crippen LogP contribution in [0.4, 0.5) is 0 Å². The van der Waals surface area contributed by atoms with Gasteiger partial charge in [-0.3, -0.25) is 4.98 Å². The summed E-state index contributed by atoms with van der Waals surface area (Å²) in [6.45, 7) is 0. The molecule has 100 valence electrons. The highest BCUT2D eigenvalue weighted by atomic mass is 16.5. The number of fused-ring (bicyclic) bond motifs is 1. The molecule has 0 aliphatic heterocycles. The summed E-state index contributed by atoms with van der Waals surface area (Å²) in [7, 11) is 1.54. The van der Waals surface area contributed by atoms with E-state index in [1.165, 1.54) is 0 Å². The smallest absolute Gasteiger partial charge is 0.219 e. The van der Waals surface area contributed by atoms with Gasteiger partial charge in [0.2, 0.25) is 5.88 Å². The average molecular weight is 266 g/mol. The molecule has 4 heteroatoms. The summed E-state index contributed by atoms with van der Waals surface area (Å²) < 4.78 is 5.21. The van der Waals surface area contributed by atoms with Crippen molar-refractivity contribution in [3.63, 3.8) is 0 Å². The molecule has 0 spiro atoms. The highest BCUT2D eigenvalue weighted by Crippen LogP contribution is 2.31. The second-order valence-corrected chi connectivity index (χ2v) is 4.45. The number of nitrogens with zero attached hydrogens (tertiary/aromatic N) is 2. The van der Waals surface area contributed by atoms with Crippen LogP contribution in [0.3, 0.4) is 0 Å². The van der Waals surface area contributed by atoms with Crippen LogP contribution in [0, 0.1) is 0 Å². The second kappa shape index (κ2) is 5.27. The van der Waals surface area contributed by atoms with Gasteiger partial charge in [0.05, 0.1) is 7.11 Å². The van der Waals surface area contributed by atoms with Crippen LogP contribution in [0.1, 0.15) is 17.2 Å². The van der Waals surface area contributed by atoms with Crippen LogP contribution in [-0.4, -0.2) is 22.2 Å². The first-order valence-electron chi connectivity index (χ1n) is 6.31. The molecule has 0 amide bonds. The zero-order valence-corrected chi connectivity index (χ0v) is 11.0. The van der Waals surface area contributed by atoms with Gasteiger partial charge >= 0.3 is 0 Å². The summed E-state index contributed by atoms with van der Waals surface area (Å²) in [5.74, 6) is 0.431. The van der Waals surface area contributed by atoms with Crippen LogP contribution in [-0.2, 0) is 0 Å². The van der Waals surface area contributed by atoms with Crippen molar-refractivity contribution in [2.24, 2.45) is 0 Å². The second-order valence-electron chi connectivity index (χ2n) is 4.45. The molecular weight excluding hydrogens is 252 g/mol. The van der Waals surface area contributed by atoms with Gasteiger partial charge in [0.15, 0.2) is 0 Å². The highest BCUT2D eigenvalue weighted by molar-refractivity contribution is 5.85. The molecule has 3 rings (SSSR count). The summed E-state index contributed by atoms with van der Waals surface area (Å²) in [6, 6.07) is 11.3. The molecular formula is C16H14N2O2. The fourth-order valence-electron chi connectivity index (χ4n) is 2.32. The van der Waals surface area contributed by atoms with Crippen molar-refractivity contribution in [1.29, 1.82) is 0 Å². The first-order chi connectivity index (χ1) is 9.81. The van der Waals surface area contributed by atoms with E-state index in [-0.39, 0.29) is 0 Å². The first-order valence-corrected chi connectivity index (χ1v) is 6.31. The van der Waals surface area contributed by atoms with E-state index in [2.05, 4.69) is 9.97 Å². The lowest BCUT2D eigenvalue weighted by Gasteiger charge is -2.15. The minimum Gasteiger partial charge on any atom is -0.481 e. The predicted molar refractivity (Wildman–Crippen MR) is 76.6 cm³/mol. The van der Waals surface area contributed by atoms with Gasteiger partial charge in [-0.2, -0.15) is 0 Å². The Balaban J connectivity index is 2.15. The predicted octanol–water partition coefficient (Wildman–Crippen LogP) is 2.72. The van der Waals surface area contributed by atoms with E-state index in [4.69, 9.17) is 4.74 Å². The number of hydrogen-bond donors (Lipinski definition) is 1. The number of ether oxygens (including phenoxy) is 1. The molecule has 2 aromatic heterocycles. The lowest BCUT2D eigenvalue weighted by atomic mass is 9.97. The Labute approximate surface area is 116 Å². The van der Waals surface area contributed by atoms with Crippen molar-refractivity contribution in [2.75, 3.05) is 7.11 Å². The van der Waals surface area contributed by atoms with E-state index < -0.39 is 6.10 Å². The van der Waals surface area contributed by atoms with Crippen molar-refractivity contribution < 1.29 is 9.84 Å². The number of hydrogen-bond acceptors (Lipinski definition) is 4. The number of methoxy groups -OCH3 is 1. The summed E-state index contributed by atoms with van der Waals surface area (Å²) in [5.41, 5.74) is 1.44. The lowest BCUT2D eigenvalue weighted by molar-refractivity contribution is 0.215. The topological polar surface area (TPSA) is 55.2 Å². The maximum atomic E-state index is 10.7. The van der Waals surface area contributed by atoms with Gasteiger partial charge in [-0.1, -0.05) is 18.2 Å². The Morgan fingerprint density at radius 3 is 2.75 bits per heavy atom. The van der Waals surface area contributed by atoms with Crippen molar-refractivity contribution >= 4 is 10.8 Å². The van der Waals surface area contributed by atoms with Crippen molar-refractivity contribution in [1.82, 2.24) is 9.97 Å². The van der Waals surface area contributed by atoms with Gasteiger partial charge in [0.1, 0.15) is 6.10 Å². The summed E-state index contributed by atoms with van der Waals surface area (Å²) in [6.07, 6.45) is 4.34. The number of benzene rings is 1. The quantitative estimate of drug-likeness (QED) is 0.792. The molecule has 1 unspecified atom stereocenters. The monoisotopic (exact) mass is 266 g/mol. The van der Waals surface area contributed by atoms with E-state index in [1.54, 1.807) is 31.8 Å². The number of aromatic nitrogens is 2. The SMILES string of the molecule is COc1ncccc1C(O)c1cccc2ccncc12. The molecule has 0 fully saturated rings. The Kier molecular flexibility index (Phi) is 3.31. The molecule has 20 heavy (non-hydrogen) atoms. The van der Waals surface area contributed by atoms with E-state index in [0.29, 0.717) is 11.4 Å². The standard InChI is InChI=1S/C16H14N2O2/c1-20-16-13(6-3-8-18-16)15(19)12-5-2-4-11-7-9-17-10-14(11)12/h2-10,15,19H,1H3. The molecule has 1 atom stereocenters. The zero-order chi connectivity index (χ0) is 13.9. The molecule has 0 aliphatic rings. The Morgan fingerprint density at radius 2 is 1.90 bits per heavy atom. The Bertz CT molecular complexity index is 738. The number of pyridine rings is 2. The van der Waals surface area contributed by atoms with Gasteiger partial charge in [-0.15, -0.1) is 0 Å². The molecule has 1 N–H and O–H groups in total. The van der Waals surface area contributed by atoms with Gasteiger partial charge in [-0.05, 0) is 29.1 Å². The van der Waals surface area contributed by atoms with Gasteiger partial charge in [0.25, 0.3) is 0 Å². The molecule has 0 radical (unpaired) electrons. The number of rotatable bonds is 3. The Hall–Kier alpha value is -2.46. The summed E-state index contributed by atoms with van der Waals surface area (Å²) in [4.78, 5) is 8.26. The third kappa shape index (κ3) is 2.10. The Morgan fingerprint density at radius 1 is 1.05 bits per heavy atom. The van der Waals surface area contributed by atoms with Gasteiger partial charge in [-0.25, -0.2) is 4.98 Å². The first kappa shape index (κ1) is 12.6. The van der Waals surface area contributed by atoms with Crippen LogP contribution in [0.2, 0.25) is 0 Å². The van der Waals surface area contributed by atoms with Gasteiger partial charge < -0.3 is 9.84 Å². The third-order valence-corrected chi connectivity index (χ3v) is 3.30. The fraction of sp³-hybridized carbons (Fsp3) is 0.125. The molecule has 3 aromatic rings. The van der Waals surface area contributed by atoms with Crippen LogP contribution >= 0.6 is 0 Å². The molecule has 0 saturated heterocycles. The third-order valence-electron chi connectivity index (χ3n) is 3.30. The van der Waals surface area contributed by atoms with Crippen molar-refractivity contribution in [3.05, 3.63) is 66.1 Å². The van der Waals surface area contributed by atoms with Crippen LogP contribution in [0.5, 0.6) is 5.88 Å². The van der Waals surface area contributed by atoms with Gasteiger partial charge in [0, 0.05) is 29.5 Å². The largest absolute Gasteiger partial charge is 0.481 e. The van der Waals surface area contributed by atoms with Crippen molar-refractivity contribution in [2.45, 2.75) is 6.10 Å². The molecule has 1 aromatic carbocycles. The van der Waals surface area contributed by atoms with Crippen LogP contribution in [0.15, 0.2) is 55.0 Å². The van der Waals surface area contributed by atoms with E-state index in [9.17, 15) is 5.11 Å². The number of aliphatic hydroxyl groups is 1. The molecule has 4 nitrogen and oxygen atoms in total. The molecule has 0 saturated carbocycles. The average Bonchev–Trinajstić information content (AvgIpc) is 2.53. The normalized spacial score (nSPS) is 12.3. The van der Waals surface area contributed by atoms with Crippen molar-refractivity contribution in [3.8, 4) is 5.88 Å². The molecule has 0 bridgehead atoms. The lowest BCUT2D eigenvalue weighted by Crippen LogP contribution is -2.04. The molecule has 0 aliphatic carbocycles. The summed E-state index contributed by atoms with van der Waals surface area (Å²) >= 11 is 0. The molecule has 2 heterocycles. The fourth-order valence-corrected chi connectivity index (χ4v) is 2.32.